The zero-order chi connectivity index (χ0) is 20.2. The maximum atomic E-state index is 13.1. The summed E-state index contributed by atoms with van der Waals surface area (Å²) in [6, 6.07) is 14.1. The van der Waals surface area contributed by atoms with Gasteiger partial charge in [0, 0.05) is 33.7 Å². The summed E-state index contributed by atoms with van der Waals surface area (Å²) in [6.45, 7) is 0. The summed E-state index contributed by atoms with van der Waals surface area (Å²) < 4.78 is 18.0. The fraction of sp³-hybridized carbons (Fsp3) is 0.364. The molecule has 1 N–H and O–H groups in total. The predicted molar refractivity (Wildman–Crippen MR) is 118 cm³/mol. The number of rotatable bonds is 5. The Bertz CT molecular complexity index is 1290. The molecule has 0 unspecified atom stereocenters. The van der Waals surface area contributed by atoms with Crippen molar-refractivity contribution >= 4 is 32.1 Å². The van der Waals surface area contributed by atoms with Crippen molar-refractivity contribution in [3.8, 4) is 5.69 Å². The Balaban J connectivity index is 1.73. The van der Waals surface area contributed by atoms with Crippen LogP contribution < -0.4 is 11.0 Å². The first-order valence-corrected chi connectivity index (χ1v) is 12.3. The van der Waals surface area contributed by atoms with Crippen LogP contribution in [0.25, 0.3) is 16.6 Å². The molecule has 7 heteroatoms. The van der Waals surface area contributed by atoms with Gasteiger partial charge >= 0.3 is 5.69 Å². The first-order valence-electron chi connectivity index (χ1n) is 9.98. The lowest BCUT2D eigenvalue weighted by Gasteiger charge is -2.15. The third-order valence-corrected chi connectivity index (χ3v) is 5.95. The minimum Gasteiger partial charge on any atom is -0.367 e. The highest BCUT2D eigenvalue weighted by molar-refractivity contribution is 7.92. The molecule has 0 aliphatic heterocycles. The van der Waals surface area contributed by atoms with E-state index in [0.29, 0.717) is 29.2 Å². The van der Waals surface area contributed by atoms with E-state index in [1.807, 2.05) is 12.1 Å². The van der Waals surface area contributed by atoms with Gasteiger partial charge in [0.2, 0.25) is 0 Å². The number of hydrogen-bond acceptors (Lipinski definition) is 5. The van der Waals surface area contributed by atoms with E-state index in [-0.39, 0.29) is 5.69 Å². The third kappa shape index (κ3) is 3.92. The second-order valence-corrected chi connectivity index (χ2v) is 10.9. The average molecular weight is 409 g/mol. The summed E-state index contributed by atoms with van der Waals surface area (Å²) in [4.78, 5) is 17.4. The fourth-order valence-corrected chi connectivity index (χ4v) is 4.26. The van der Waals surface area contributed by atoms with E-state index in [0.717, 1.165) is 23.7 Å². The van der Waals surface area contributed by atoms with Crippen LogP contribution in [0, 0.1) is 0 Å². The van der Waals surface area contributed by atoms with E-state index in [4.69, 9.17) is 0 Å². The molecule has 1 heterocycles. The van der Waals surface area contributed by atoms with Gasteiger partial charge in [-0.3, -0.25) is 4.57 Å². The van der Waals surface area contributed by atoms with Crippen LogP contribution >= 0.6 is 0 Å². The second kappa shape index (κ2) is 6.69. The Kier molecular flexibility index (Phi) is 4.24. The quantitative estimate of drug-likeness (QED) is 0.687. The predicted octanol–water partition coefficient (Wildman–Crippen LogP) is 4.20. The summed E-state index contributed by atoms with van der Waals surface area (Å²) in [5, 5.41) is 4.35. The lowest BCUT2D eigenvalue weighted by Crippen LogP contribution is -2.24. The Hall–Kier alpha value is -2.67. The number of anilines is 1. The molecule has 29 heavy (non-hydrogen) atoms. The molecule has 3 aromatic rings. The van der Waals surface area contributed by atoms with Crippen LogP contribution in [0.2, 0.25) is 0 Å². The fourth-order valence-electron chi connectivity index (χ4n) is 3.64. The average Bonchev–Trinajstić information content (AvgIpc) is 3.54. The van der Waals surface area contributed by atoms with Crippen molar-refractivity contribution in [2.75, 3.05) is 17.8 Å². The van der Waals surface area contributed by atoms with Gasteiger partial charge in [-0.25, -0.2) is 9.00 Å². The Morgan fingerprint density at radius 2 is 1.90 bits per heavy atom. The molecule has 2 saturated carbocycles. The molecule has 150 valence electrons. The van der Waals surface area contributed by atoms with Gasteiger partial charge in [0.05, 0.1) is 16.9 Å². The number of fused-ring (bicyclic) bond motifs is 1. The van der Waals surface area contributed by atoms with Gasteiger partial charge in [0.1, 0.15) is 5.82 Å². The number of benzene rings is 2. The maximum absolute atomic E-state index is 13.1. The molecule has 2 fully saturated rings. The standard InChI is InChI=1S/C22H24N4O2S/c1-29(2,28)25-17-4-3-5-18(13-17)26-20-12-15(14-6-7-14)8-11-19(20)21(24-22(26)27)23-16-9-10-16/h3-5,8,11-14,16H,6-7,9-10H2,1-2H3,(H,23,24,27). The first kappa shape index (κ1) is 18.4. The van der Waals surface area contributed by atoms with Crippen molar-refractivity contribution in [1.29, 1.82) is 0 Å². The van der Waals surface area contributed by atoms with E-state index in [1.54, 1.807) is 29.2 Å². The molecule has 6 nitrogen and oxygen atoms in total. The van der Waals surface area contributed by atoms with Crippen LogP contribution in [0.1, 0.15) is 37.2 Å². The monoisotopic (exact) mass is 408 g/mol. The van der Waals surface area contributed by atoms with Gasteiger partial charge in [0.25, 0.3) is 0 Å². The van der Waals surface area contributed by atoms with E-state index in [9.17, 15) is 9.00 Å². The molecule has 0 radical (unpaired) electrons. The van der Waals surface area contributed by atoms with Gasteiger partial charge < -0.3 is 5.32 Å². The summed E-state index contributed by atoms with van der Waals surface area (Å²) >= 11 is 0. The molecule has 2 aliphatic rings. The third-order valence-electron chi connectivity index (χ3n) is 5.30. The smallest absolute Gasteiger partial charge is 0.354 e. The molecule has 0 amide bonds. The minimum atomic E-state index is -2.29. The molecular weight excluding hydrogens is 384 g/mol. The number of aromatic nitrogens is 2. The van der Waals surface area contributed by atoms with Gasteiger partial charge in [-0.05, 0) is 67.5 Å². The molecule has 0 bridgehead atoms. The SMILES string of the molecule is CS(C)(=O)=Nc1cccc(-n2c(=O)nc(NC3CC3)c3ccc(C4CC4)cc32)c1. The largest absolute Gasteiger partial charge is 0.367 e. The van der Waals surface area contributed by atoms with E-state index < -0.39 is 9.73 Å². The van der Waals surface area contributed by atoms with Crippen LogP contribution in [0.3, 0.4) is 0 Å². The summed E-state index contributed by atoms with van der Waals surface area (Å²) in [5.41, 5.74) is 3.07. The molecule has 0 saturated heterocycles. The highest BCUT2D eigenvalue weighted by Crippen LogP contribution is 2.41. The molecule has 2 aromatic carbocycles. The normalized spacial score (nSPS) is 16.8. The lowest BCUT2D eigenvalue weighted by atomic mass is 10.1. The second-order valence-electron chi connectivity index (χ2n) is 8.34. The lowest BCUT2D eigenvalue weighted by molar-refractivity contribution is 0.684. The van der Waals surface area contributed by atoms with E-state index >= 15 is 0 Å². The van der Waals surface area contributed by atoms with E-state index in [1.165, 1.54) is 18.4 Å². The van der Waals surface area contributed by atoms with Crippen LogP contribution in [-0.4, -0.2) is 32.3 Å². The van der Waals surface area contributed by atoms with Gasteiger partial charge in [-0.1, -0.05) is 12.1 Å². The highest BCUT2D eigenvalue weighted by atomic mass is 32.2. The molecule has 0 spiro atoms. The van der Waals surface area contributed by atoms with Gasteiger partial charge in [-0.2, -0.15) is 9.35 Å². The highest BCUT2D eigenvalue weighted by Gasteiger charge is 2.26. The summed E-state index contributed by atoms with van der Waals surface area (Å²) in [6.07, 6.45) is 7.83. The van der Waals surface area contributed by atoms with Crippen molar-refractivity contribution in [2.24, 2.45) is 4.36 Å². The molecule has 5 rings (SSSR count). The summed E-state index contributed by atoms with van der Waals surface area (Å²) in [7, 11) is -2.29. The Morgan fingerprint density at radius 3 is 2.59 bits per heavy atom. The van der Waals surface area contributed by atoms with Crippen LogP contribution in [0.5, 0.6) is 0 Å². The van der Waals surface area contributed by atoms with Crippen molar-refractivity contribution in [1.82, 2.24) is 9.55 Å². The van der Waals surface area contributed by atoms with Crippen LogP contribution in [-0.2, 0) is 9.73 Å². The number of hydrogen-bond donors (Lipinski definition) is 1. The van der Waals surface area contributed by atoms with Gasteiger partial charge in [-0.15, -0.1) is 0 Å². The Labute approximate surface area is 170 Å². The number of nitrogens with zero attached hydrogens (tertiary/aromatic N) is 3. The first-order chi connectivity index (χ1) is 13.9. The van der Waals surface area contributed by atoms with Gasteiger partial charge in [0.15, 0.2) is 0 Å². The molecule has 0 atom stereocenters. The van der Waals surface area contributed by atoms with Crippen molar-refractivity contribution in [3.63, 3.8) is 0 Å². The van der Waals surface area contributed by atoms with Crippen molar-refractivity contribution in [3.05, 3.63) is 58.5 Å². The Morgan fingerprint density at radius 1 is 1.10 bits per heavy atom. The van der Waals surface area contributed by atoms with Crippen LogP contribution in [0.4, 0.5) is 11.5 Å². The zero-order valence-electron chi connectivity index (χ0n) is 16.6. The molecular formula is C22H24N4O2S. The zero-order valence-corrected chi connectivity index (χ0v) is 17.4. The van der Waals surface area contributed by atoms with E-state index in [2.05, 4.69) is 32.9 Å². The maximum Gasteiger partial charge on any atom is 0.354 e. The van der Waals surface area contributed by atoms with Crippen molar-refractivity contribution < 1.29 is 4.21 Å². The summed E-state index contributed by atoms with van der Waals surface area (Å²) in [5.74, 6) is 1.25. The van der Waals surface area contributed by atoms with Crippen LogP contribution in [0.15, 0.2) is 51.6 Å². The topological polar surface area (TPSA) is 76.3 Å². The van der Waals surface area contributed by atoms with Crippen molar-refractivity contribution in [2.45, 2.75) is 37.6 Å². The minimum absolute atomic E-state index is 0.320. The molecule has 2 aliphatic carbocycles. The molecule has 1 aromatic heterocycles. The number of nitrogens with one attached hydrogen (secondary N) is 1.